The van der Waals surface area contributed by atoms with Crippen molar-refractivity contribution in [3.63, 3.8) is 0 Å². The average molecular weight is 228 g/mol. The molecule has 16 heavy (non-hydrogen) atoms. The second-order valence-electron chi connectivity index (χ2n) is 4.43. The second-order valence-corrected chi connectivity index (χ2v) is 4.43. The maximum absolute atomic E-state index is 11.7. The number of ether oxygens (including phenoxy) is 3. The van der Waals surface area contributed by atoms with Crippen LogP contribution in [0.2, 0.25) is 0 Å². The Morgan fingerprint density at radius 3 is 2.81 bits per heavy atom. The summed E-state index contributed by atoms with van der Waals surface area (Å²) in [5, 5.41) is 0. The van der Waals surface area contributed by atoms with Gasteiger partial charge in [0, 0.05) is 13.0 Å². The van der Waals surface area contributed by atoms with Crippen LogP contribution in [0.25, 0.3) is 0 Å². The van der Waals surface area contributed by atoms with Crippen LogP contribution in [0.1, 0.15) is 32.1 Å². The van der Waals surface area contributed by atoms with Crippen molar-refractivity contribution < 1.29 is 19.0 Å². The van der Waals surface area contributed by atoms with Crippen molar-refractivity contribution in [3.05, 3.63) is 0 Å². The van der Waals surface area contributed by atoms with Crippen LogP contribution in [0, 0.1) is 0 Å². The molecule has 0 amide bonds. The number of ketones is 1. The summed E-state index contributed by atoms with van der Waals surface area (Å²) in [6.07, 6.45) is 4.88. The van der Waals surface area contributed by atoms with Crippen molar-refractivity contribution in [1.29, 1.82) is 0 Å². The van der Waals surface area contributed by atoms with Gasteiger partial charge in [0.25, 0.3) is 0 Å². The average Bonchev–Trinajstić information content (AvgIpc) is 2.83. The molecule has 2 aliphatic rings. The third kappa shape index (κ3) is 3.54. The Morgan fingerprint density at radius 2 is 2.12 bits per heavy atom. The highest BCUT2D eigenvalue weighted by Crippen LogP contribution is 2.18. The molecule has 0 bridgehead atoms. The lowest BCUT2D eigenvalue weighted by Gasteiger charge is -2.21. The van der Waals surface area contributed by atoms with E-state index < -0.39 is 0 Å². The molecule has 0 radical (unpaired) electrons. The van der Waals surface area contributed by atoms with E-state index in [-0.39, 0.29) is 11.9 Å². The standard InChI is InChI=1S/C12H20O4/c13-11(12-9-14-7-8-16-12)5-1-3-10-4-2-6-15-10/h10,12H,1-9H2. The first-order valence-corrected chi connectivity index (χ1v) is 6.20. The SMILES string of the molecule is O=C(CCCC1CCCO1)C1COCCO1. The number of Topliss-reactive ketones (excluding diaryl/α,β-unsaturated/α-hetero) is 1. The van der Waals surface area contributed by atoms with Gasteiger partial charge >= 0.3 is 0 Å². The number of hydrogen-bond acceptors (Lipinski definition) is 4. The monoisotopic (exact) mass is 228 g/mol. The van der Waals surface area contributed by atoms with Gasteiger partial charge in [-0.3, -0.25) is 4.79 Å². The Bertz CT molecular complexity index is 217. The van der Waals surface area contributed by atoms with Crippen LogP contribution >= 0.6 is 0 Å². The molecular weight excluding hydrogens is 208 g/mol. The first kappa shape index (κ1) is 12.0. The highest BCUT2D eigenvalue weighted by atomic mass is 16.6. The molecular formula is C12H20O4. The Kier molecular flexibility index (Phi) is 4.75. The van der Waals surface area contributed by atoms with Gasteiger partial charge in [0.15, 0.2) is 5.78 Å². The second kappa shape index (κ2) is 6.33. The van der Waals surface area contributed by atoms with E-state index in [1.807, 2.05) is 0 Å². The van der Waals surface area contributed by atoms with Gasteiger partial charge in [0.05, 0.1) is 25.9 Å². The molecule has 2 atom stereocenters. The number of carbonyl (C=O) groups excluding carboxylic acids is 1. The lowest BCUT2D eigenvalue weighted by atomic mass is 10.0. The maximum atomic E-state index is 11.7. The predicted molar refractivity (Wildman–Crippen MR) is 58.4 cm³/mol. The lowest BCUT2D eigenvalue weighted by molar-refractivity contribution is -0.145. The minimum atomic E-state index is -0.321. The Balaban J connectivity index is 1.59. The van der Waals surface area contributed by atoms with Crippen LogP contribution in [0.3, 0.4) is 0 Å². The molecule has 2 rings (SSSR count). The number of carbonyl (C=O) groups is 1. The molecule has 4 nitrogen and oxygen atoms in total. The van der Waals surface area contributed by atoms with E-state index in [9.17, 15) is 4.79 Å². The molecule has 0 N–H and O–H groups in total. The van der Waals surface area contributed by atoms with E-state index in [0.29, 0.717) is 32.3 Å². The minimum Gasteiger partial charge on any atom is -0.378 e. The summed E-state index contributed by atoms with van der Waals surface area (Å²) in [5.74, 6) is 0.178. The zero-order chi connectivity index (χ0) is 11.2. The van der Waals surface area contributed by atoms with E-state index >= 15 is 0 Å². The molecule has 0 aliphatic carbocycles. The van der Waals surface area contributed by atoms with Crippen LogP contribution < -0.4 is 0 Å². The topological polar surface area (TPSA) is 44.8 Å². The Labute approximate surface area is 96.2 Å². The maximum Gasteiger partial charge on any atom is 0.163 e. The zero-order valence-corrected chi connectivity index (χ0v) is 9.65. The van der Waals surface area contributed by atoms with Gasteiger partial charge in [-0.25, -0.2) is 0 Å². The van der Waals surface area contributed by atoms with Gasteiger partial charge in [0.1, 0.15) is 6.10 Å². The fourth-order valence-corrected chi connectivity index (χ4v) is 2.21. The van der Waals surface area contributed by atoms with Gasteiger partial charge in [-0.1, -0.05) is 0 Å². The van der Waals surface area contributed by atoms with E-state index in [0.717, 1.165) is 32.3 Å². The molecule has 0 saturated carbocycles. The Hall–Kier alpha value is -0.450. The van der Waals surface area contributed by atoms with Crippen molar-refractivity contribution in [1.82, 2.24) is 0 Å². The largest absolute Gasteiger partial charge is 0.378 e. The first-order chi connectivity index (χ1) is 7.86. The van der Waals surface area contributed by atoms with Crippen LogP contribution in [0.5, 0.6) is 0 Å². The van der Waals surface area contributed by atoms with Gasteiger partial charge < -0.3 is 14.2 Å². The smallest absolute Gasteiger partial charge is 0.163 e. The minimum absolute atomic E-state index is 0.178. The van der Waals surface area contributed by atoms with Crippen molar-refractivity contribution in [2.24, 2.45) is 0 Å². The van der Waals surface area contributed by atoms with E-state index in [4.69, 9.17) is 14.2 Å². The molecule has 2 heterocycles. The number of hydrogen-bond donors (Lipinski definition) is 0. The number of rotatable bonds is 5. The van der Waals surface area contributed by atoms with Crippen molar-refractivity contribution in [3.8, 4) is 0 Å². The van der Waals surface area contributed by atoms with Crippen LogP contribution in [-0.2, 0) is 19.0 Å². The quantitative estimate of drug-likeness (QED) is 0.712. The molecule has 0 spiro atoms. The molecule has 2 saturated heterocycles. The molecule has 0 aromatic carbocycles. The summed E-state index contributed by atoms with van der Waals surface area (Å²) in [6, 6.07) is 0. The third-order valence-corrected chi connectivity index (χ3v) is 3.15. The molecule has 2 unspecified atom stereocenters. The van der Waals surface area contributed by atoms with Gasteiger partial charge in [0.2, 0.25) is 0 Å². The molecule has 92 valence electrons. The fraction of sp³-hybridized carbons (Fsp3) is 0.917. The van der Waals surface area contributed by atoms with Gasteiger partial charge in [-0.05, 0) is 25.7 Å². The van der Waals surface area contributed by atoms with Crippen molar-refractivity contribution in [2.45, 2.75) is 44.3 Å². The molecule has 0 aromatic rings. The van der Waals surface area contributed by atoms with E-state index in [1.54, 1.807) is 0 Å². The Morgan fingerprint density at radius 1 is 1.19 bits per heavy atom. The molecule has 2 aliphatic heterocycles. The van der Waals surface area contributed by atoms with Crippen molar-refractivity contribution >= 4 is 5.78 Å². The van der Waals surface area contributed by atoms with Gasteiger partial charge in [-0.15, -0.1) is 0 Å². The van der Waals surface area contributed by atoms with Crippen molar-refractivity contribution in [2.75, 3.05) is 26.4 Å². The normalized spacial score (nSPS) is 30.5. The highest BCUT2D eigenvalue weighted by Gasteiger charge is 2.22. The van der Waals surface area contributed by atoms with E-state index in [1.165, 1.54) is 0 Å². The van der Waals surface area contributed by atoms with Gasteiger partial charge in [-0.2, -0.15) is 0 Å². The van der Waals surface area contributed by atoms with Crippen LogP contribution in [0.15, 0.2) is 0 Å². The fourth-order valence-electron chi connectivity index (χ4n) is 2.21. The summed E-state index contributed by atoms with van der Waals surface area (Å²) >= 11 is 0. The molecule has 0 aromatic heterocycles. The third-order valence-electron chi connectivity index (χ3n) is 3.15. The summed E-state index contributed by atoms with van der Waals surface area (Å²) in [4.78, 5) is 11.7. The summed E-state index contributed by atoms with van der Waals surface area (Å²) in [6.45, 7) is 2.47. The molecule has 4 heteroatoms. The molecule has 2 fully saturated rings. The summed E-state index contributed by atoms with van der Waals surface area (Å²) < 4.78 is 16.1. The summed E-state index contributed by atoms with van der Waals surface area (Å²) in [5.41, 5.74) is 0. The highest BCUT2D eigenvalue weighted by molar-refractivity contribution is 5.83. The first-order valence-electron chi connectivity index (χ1n) is 6.20. The predicted octanol–water partition coefficient (Wildman–Crippen LogP) is 1.32. The lowest BCUT2D eigenvalue weighted by Crippen LogP contribution is -2.35. The van der Waals surface area contributed by atoms with E-state index in [2.05, 4.69) is 0 Å². The zero-order valence-electron chi connectivity index (χ0n) is 9.65. The van der Waals surface area contributed by atoms with Crippen LogP contribution in [-0.4, -0.2) is 44.4 Å². The summed E-state index contributed by atoms with van der Waals surface area (Å²) in [7, 11) is 0. The van der Waals surface area contributed by atoms with Crippen LogP contribution in [0.4, 0.5) is 0 Å².